The van der Waals surface area contributed by atoms with Gasteiger partial charge in [0.1, 0.15) is 0 Å². The SMILES string of the molecule is Cc1c(C)c(C)c(N(c2c(C)c(C)c(C)c(C)c2C)c2c(C)c(C)c(-c3c(C)c(C)c4c(c3C)C(C)(C)c3c(C)c(C)c(C)c(C)c3-4)c(C)c2C)c(C)c1C. The molecule has 1 heteroatoms. The summed E-state index contributed by atoms with van der Waals surface area (Å²) >= 11 is 0. The molecular formula is C54H69N. The van der Waals surface area contributed by atoms with Crippen LogP contribution < -0.4 is 4.90 Å². The van der Waals surface area contributed by atoms with Gasteiger partial charge in [0.2, 0.25) is 0 Å². The van der Waals surface area contributed by atoms with Gasteiger partial charge in [0.15, 0.2) is 0 Å². The zero-order valence-corrected chi connectivity index (χ0v) is 38.9. The molecule has 5 aromatic carbocycles. The van der Waals surface area contributed by atoms with E-state index in [-0.39, 0.29) is 5.41 Å². The van der Waals surface area contributed by atoms with Gasteiger partial charge in [0.05, 0.1) is 17.1 Å². The fraction of sp³-hybridized carbons (Fsp3) is 0.444. The number of hydrogen-bond acceptors (Lipinski definition) is 1. The minimum absolute atomic E-state index is 0.0929. The average molecular weight is 732 g/mol. The van der Waals surface area contributed by atoms with Crippen LogP contribution in [-0.4, -0.2) is 0 Å². The maximum absolute atomic E-state index is 2.70. The number of nitrogens with zero attached hydrogens (tertiary/aromatic N) is 1. The minimum atomic E-state index is -0.0929. The number of rotatable bonds is 4. The van der Waals surface area contributed by atoms with Crippen molar-refractivity contribution in [2.75, 3.05) is 4.90 Å². The van der Waals surface area contributed by atoms with Crippen LogP contribution in [0.3, 0.4) is 0 Å². The van der Waals surface area contributed by atoms with E-state index in [2.05, 4.69) is 164 Å². The molecule has 0 atom stereocenters. The molecule has 55 heavy (non-hydrogen) atoms. The second-order valence-corrected chi connectivity index (χ2v) is 18.4. The summed E-state index contributed by atoms with van der Waals surface area (Å²) in [7, 11) is 0. The van der Waals surface area contributed by atoms with E-state index in [1.165, 1.54) is 167 Å². The highest BCUT2D eigenvalue weighted by Crippen LogP contribution is 2.58. The second kappa shape index (κ2) is 13.2. The Morgan fingerprint density at radius 1 is 0.218 bits per heavy atom. The molecular weight excluding hydrogens is 663 g/mol. The van der Waals surface area contributed by atoms with E-state index in [0.717, 1.165) is 0 Å². The van der Waals surface area contributed by atoms with Crippen molar-refractivity contribution < 1.29 is 0 Å². The number of benzene rings is 5. The predicted octanol–water partition coefficient (Wildman–Crippen LogP) is 15.6. The minimum Gasteiger partial charge on any atom is -0.309 e. The number of fused-ring (bicyclic) bond motifs is 3. The summed E-state index contributed by atoms with van der Waals surface area (Å²) in [6.45, 7) is 54.4. The Morgan fingerprint density at radius 3 is 0.782 bits per heavy atom. The van der Waals surface area contributed by atoms with Gasteiger partial charge in [-0.3, -0.25) is 0 Å². The highest BCUT2D eigenvalue weighted by atomic mass is 15.2. The topological polar surface area (TPSA) is 3.24 Å². The fourth-order valence-electron chi connectivity index (χ4n) is 11.1. The molecule has 0 N–H and O–H groups in total. The summed E-state index contributed by atoms with van der Waals surface area (Å²) in [5, 5.41) is 0. The Hall–Kier alpha value is -4.10. The number of anilines is 3. The summed E-state index contributed by atoms with van der Waals surface area (Å²) in [5.41, 5.74) is 42.2. The normalized spacial score (nSPS) is 13.1. The molecule has 0 radical (unpaired) electrons. The molecule has 0 amide bonds. The highest BCUT2D eigenvalue weighted by Gasteiger charge is 2.42. The summed E-state index contributed by atoms with van der Waals surface area (Å²) in [6, 6.07) is 0. The van der Waals surface area contributed by atoms with E-state index in [9.17, 15) is 0 Å². The van der Waals surface area contributed by atoms with Gasteiger partial charge in [-0.15, -0.1) is 0 Å². The van der Waals surface area contributed by atoms with Gasteiger partial charge in [-0.05, 0) is 296 Å². The molecule has 1 nitrogen and oxygen atoms in total. The summed E-state index contributed by atoms with van der Waals surface area (Å²) in [5.74, 6) is 0. The Bertz CT molecular complexity index is 2390. The highest BCUT2D eigenvalue weighted by molar-refractivity contribution is 5.96. The Labute approximate surface area is 335 Å². The van der Waals surface area contributed by atoms with E-state index < -0.39 is 0 Å². The lowest BCUT2D eigenvalue weighted by Crippen LogP contribution is -2.22. The smallest absolute Gasteiger partial charge is 0.0526 e. The maximum Gasteiger partial charge on any atom is 0.0526 e. The molecule has 0 saturated heterocycles. The average Bonchev–Trinajstić information content (AvgIpc) is 3.39. The molecule has 0 heterocycles. The van der Waals surface area contributed by atoms with Crippen molar-refractivity contribution in [1.29, 1.82) is 0 Å². The van der Waals surface area contributed by atoms with Crippen LogP contribution in [0.2, 0.25) is 0 Å². The lowest BCUT2D eigenvalue weighted by molar-refractivity contribution is 0.649. The molecule has 6 rings (SSSR count). The largest absolute Gasteiger partial charge is 0.309 e. The molecule has 290 valence electrons. The molecule has 1 aliphatic rings. The maximum atomic E-state index is 2.70. The van der Waals surface area contributed by atoms with E-state index in [0.29, 0.717) is 0 Å². The van der Waals surface area contributed by atoms with E-state index in [4.69, 9.17) is 0 Å². The van der Waals surface area contributed by atoms with Crippen LogP contribution in [0.15, 0.2) is 0 Å². The summed E-state index contributed by atoms with van der Waals surface area (Å²) in [4.78, 5) is 2.70. The second-order valence-electron chi connectivity index (χ2n) is 18.4. The lowest BCUT2D eigenvalue weighted by atomic mass is 9.74. The van der Waals surface area contributed by atoms with Crippen molar-refractivity contribution >= 4 is 17.1 Å². The third kappa shape index (κ3) is 5.23. The van der Waals surface area contributed by atoms with Gasteiger partial charge >= 0.3 is 0 Å². The summed E-state index contributed by atoms with van der Waals surface area (Å²) < 4.78 is 0. The van der Waals surface area contributed by atoms with Crippen molar-refractivity contribution in [3.8, 4) is 22.3 Å². The summed E-state index contributed by atoms with van der Waals surface area (Å²) in [6.07, 6.45) is 0. The van der Waals surface area contributed by atoms with Gasteiger partial charge in [-0.25, -0.2) is 0 Å². The van der Waals surface area contributed by atoms with E-state index in [1.807, 2.05) is 0 Å². The van der Waals surface area contributed by atoms with Gasteiger partial charge in [0, 0.05) is 5.41 Å². The first-order valence-corrected chi connectivity index (χ1v) is 20.7. The molecule has 1 aliphatic carbocycles. The molecule has 0 spiro atoms. The first kappa shape index (κ1) is 40.6. The van der Waals surface area contributed by atoms with Crippen LogP contribution in [0.1, 0.15) is 142 Å². The molecule has 0 fully saturated rings. The quantitative estimate of drug-likeness (QED) is 0.178. The monoisotopic (exact) mass is 732 g/mol. The van der Waals surface area contributed by atoms with Crippen LogP contribution in [0.25, 0.3) is 22.3 Å². The van der Waals surface area contributed by atoms with Gasteiger partial charge in [-0.1, -0.05) is 13.8 Å². The standard InChI is InChI=1S/C54H69N/c1-24-28(5)38(15)51(39(16)29(24)6)55(52-40(17)30(7)25(2)31(8)41(52)18)53-42(19)35(12)45(36(13)43(53)20)46-33(10)34(11)48-47-32(9)26(3)27(4)37(14)49(47)54(22,23)50(48)44(46)21/h1-23H3. The van der Waals surface area contributed by atoms with Crippen LogP contribution in [0.4, 0.5) is 17.1 Å². The Kier molecular flexibility index (Phi) is 9.77. The van der Waals surface area contributed by atoms with Crippen LogP contribution in [0.5, 0.6) is 0 Å². The van der Waals surface area contributed by atoms with Crippen molar-refractivity contribution in [1.82, 2.24) is 0 Å². The van der Waals surface area contributed by atoms with Gasteiger partial charge < -0.3 is 4.90 Å². The van der Waals surface area contributed by atoms with Gasteiger partial charge in [0.25, 0.3) is 0 Å². The molecule has 0 bridgehead atoms. The van der Waals surface area contributed by atoms with Crippen molar-refractivity contribution in [3.05, 3.63) is 128 Å². The van der Waals surface area contributed by atoms with Crippen molar-refractivity contribution in [3.63, 3.8) is 0 Å². The van der Waals surface area contributed by atoms with Crippen LogP contribution >= 0.6 is 0 Å². The molecule has 0 aromatic heterocycles. The molecule has 5 aromatic rings. The van der Waals surface area contributed by atoms with Crippen molar-refractivity contribution in [2.24, 2.45) is 0 Å². The predicted molar refractivity (Wildman–Crippen MR) is 244 cm³/mol. The lowest BCUT2D eigenvalue weighted by Gasteiger charge is -2.38. The van der Waals surface area contributed by atoms with Crippen LogP contribution in [-0.2, 0) is 5.41 Å². The first-order chi connectivity index (χ1) is 25.4. The first-order valence-electron chi connectivity index (χ1n) is 20.7. The molecule has 0 unspecified atom stereocenters. The fourth-order valence-corrected chi connectivity index (χ4v) is 11.1. The van der Waals surface area contributed by atoms with E-state index in [1.54, 1.807) is 0 Å². The zero-order valence-electron chi connectivity index (χ0n) is 38.9. The molecule has 0 aliphatic heterocycles. The third-order valence-corrected chi connectivity index (χ3v) is 15.9. The Balaban J connectivity index is 1.76. The van der Waals surface area contributed by atoms with Crippen molar-refractivity contribution in [2.45, 2.75) is 165 Å². The van der Waals surface area contributed by atoms with Crippen LogP contribution in [0, 0.1) is 145 Å². The third-order valence-electron chi connectivity index (χ3n) is 15.9. The zero-order chi connectivity index (χ0) is 41.4. The van der Waals surface area contributed by atoms with E-state index >= 15 is 0 Å². The number of hydrogen-bond donors (Lipinski definition) is 0. The molecule has 0 saturated carbocycles. The Morgan fingerprint density at radius 2 is 0.418 bits per heavy atom. The van der Waals surface area contributed by atoms with Gasteiger partial charge in [-0.2, -0.15) is 0 Å².